The summed E-state index contributed by atoms with van der Waals surface area (Å²) >= 11 is 0. The third-order valence-corrected chi connectivity index (χ3v) is 4.23. The van der Waals surface area contributed by atoms with Crippen LogP contribution in [0.25, 0.3) is 0 Å². The highest BCUT2D eigenvalue weighted by molar-refractivity contribution is 6.39. The molecular weight excluding hydrogens is 353 g/mol. The molecule has 1 fully saturated rings. The summed E-state index contributed by atoms with van der Waals surface area (Å²) in [5, 5.41) is 4.95. The molecule has 1 aromatic rings. The lowest BCUT2D eigenvalue weighted by molar-refractivity contribution is -0.136. The van der Waals surface area contributed by atoms with Gasteiger partial charge < -0.3 is 25.0 Å². The Morgan fingerprint density at radius 3 is 2.56 bits per heavy atom. The number of morpholine rings is 1. The molecule has 1 aliphatic heterocycles. The molecule has 2 rings (SSSR count). The van der Waals surface area contributed by atoms with Crippen molar-refractivity contribution in [3.8, 4) is 0 Å². The summed E-state index contributed by atoms with van der Waals surface area (Å²) in [5.74, 6) is -2.01. The van der Waals surface area contributed by atoms with Crippen molar-refractivity contribution in [3.05, 3.63) is 24.0 Å². The average Bonchev–Trinajstić information content (AvgIpc) is 2.60. The molecule has 0 spiro atoms. The molecule has 27 heavy (non-hydrogen) atoms. The first-order valence-electron chi connectivity index (χ1n) is 9.18. The predicted molar refractivity (Wildman–Crippen MR) is 101 cm³/mol. The number of carbonyl (C=O) groups is 2. The van der Waals surface area contributed by atoms with Crippen molar-refractivity contribution in [1.29, 1.82) is 0 Å². The van der Waals surface area contributed by atoms with E-state index in [1.807, 2.05) is 18.7 Å². The smallest absolute Gasteiger partial charge is 0.313 e. The zero-order valence-electron chi connectivity index (χ0n) is 16.1. The molecule has 7 nitrogen and oxygen atoms in total. The fourth-order valence-electron chi connectivity index (χ4n) is 3.06. The van der Waals surface area contributed by atoms with Gasteiger partial charge in [-0.25, -0.2) is 4.39 Å². The van der Waals surface area contributed by atoms with Crippen LogP contribution in [0.4, 0.5) is 15.8 Å². The summed E-state index contributed by atoms with van der Waals surface area (Å²) in [4.78, 5) is 25.6. The Morgan fingerprint density at radius 1 is 1.22 bits per heavy atom. The molecule has 1 aromatic carbocycles. The Balaban J connectivity index is 1.89. The van der Waals surface area contributed by atoms with E-state index in [1.165, 1.54) is 6.07 Å². The number of ether oxygens (including phenoxy) is 2. The number of carbonyl (C=O) groups excluding carboxylic acids is 2. The molecule has 2 N–H and O–H groups in total. The number of benzene rings is 1. The largest absolute Gasteiger partial charge is 0.385 e. The van der Waals surface area contributed by atoms with Crippen LogP contribution in [0, 0.1) is 5.82 Å². The van der Waals surface area contributed by atoms with Crippen molar-refractivity contribution in [2.24, 2.45) is 0 Å². The fraction of sp³-hybridized carbons (Fsp3) is 0.579. The van der Waals surface area contributed by atoms with E-state index < -0.39 is 17.6 Å². The molecule has 2 amide bonds. The van der Waals surface area contributed by atoms with E-state index in [-0.39, 0.29) is 17.9 Å². The fourth-order valence-corrected chi connectivity index (χ4v) is 3.06. The number of rotatable bonds is 7. The quantitative estimate of drug-likeness (QED) is 0.557. The summed E-state index contributed by atoms with van der Waals surface area (Å²) < 4.78 is 25.1. The number of unbranched alkanes of at least 4 members (excludes halogenated alkanes) is 1. The van der Waals surface area contributed by atoms with Crippen LogP contribution in [-0.2, 0) is 19.1 Å². The third-order valence-electron chi connectivity index (χ3n) is 4.23. The van der Waals surface area contributed by atoms with E-state index in [1.54, 1.807) is 19.2 Å². The van der Waals surface area contributed by atoms with E-state index in [4.69, 9.17) is 9.47 Å². The van der Waals surface area contributed by atoms with Gasteiger partial charge in [0.1, 0.15) is 5.82 Å². The van der Waals surface area contributed by atoms with Gasteiger partial charge in [0.05, 0.1) is 17.9 Å². The summed E-state index contributed by atoms with van der Waals surface area (Å²) in [6.45, 7) is 6.08. The molecule has 150 valence electrons. The van der Waals surface area contributed by atoms with Crippen LogP contribution in [-0.4, -0.2) is 57.4 Å². The minimum absolute atomic E-state index is 0.0140. The van der Waals surface area contributed by atoms with Crippen molar-refractivity contribution in [2.75, 3.05) is 43.6 Å². The predicted octanol–water partition coefficient (Wildman–Crippen LogP) is 1.92. The van der Waals surface area contributed by atoms with E-state index >= 15 is 0 Å². The minimum atomic E-state index is -0.817. The zero-order valence-corrected chi connectivity index (χ0v) is 16.1. The van der Waals surface area contributed by atoms with Crippen LogP contribution < -0.4 is 15.5 Å². The molecule has 1 aliphatic rings. The van der Waals surface area contributed by atoms with Gasteiger partial charge in [0.15, 0.2) is 0 Å². The minimum Gasteiger partial charge on any atom is -0.385 e. The number of nitrogens with one attached hydrogen (secondary N) is 2. The van der Waals surface area contributed by atoms with Crippen LogP contribution >= 0.6 is 0 Å². The standard InChI is InChI=1S/C19H28FN3O4/c1-13-11-23(12-14(2)27-13)17-7-6-15(10-16(17)20)22-19(25)18(24)21-8-4-5-9-26-3/h6-7,10,13-14H,4-5,8-9,11-12H2,1-3H3,(H,21,24)(H,22,25). The van der Waals surface area contributed by atoms with Gasteiger partial charge in [-0.3, -0.25) is 9.59 Å². The van der Waals surface area contributed by atoms with Crippen LogP contribution in [0.2, 0.25) is 0 Å². The Hall–Kier alpha value is -2.19. The van der Waals surface area contributed by atoms with Gasteiger partial charge in [0, 0.05) is 39.0 Å². The number of methoxy groups -OCH3 is 1. The van der Waals surface area contributed by atoms with Crippen LogP contribution in [0.3, 0.4) is 0 Å². The average molecular weight is 381 g/mol. The second kappa shape index (κ2) is 10.2. The molecule has 1 saturated heterocycles. The first kappa shape index (κ1) is 21.1. The summed E-state index contributed by atoms with van der Waals surface area (Å²) in [6.07, 6.45) is 1.54. The Morgan fingerprint density at radius 2 is 1.93 bits per heavy atom. The van der Waals surface area contributed by atoms with Crippen molar-refractivity contribution in [1.82, 2.24) is 5.32 Å². The van der Waals surface area contributed by atoms with Gasteiger partial charge in [-0.05, 0) is 44.9 Å². The van der Waals surface area contributed by atoms with Crippen LogP contribution in [0.5, 0.6) is 0 Å². The molecular formula is C19H28FN3O4. The van der Waals surface area contributed by atoms with Crippen LogP contribution in [0.1, 0.15) is 26.7 Å². The maximum atomic E-state index is 14.5. The van der Waals surface area contributed by atoms with E-state index in [2.05, 4.69) is 10.6 Å². The van der Waals surface area contributed by atoms with Gasteiger partial charge in [-0.1, -0.05) is 0 Å². The molecule has 0 aliphatic carbocycles. The number of halogens is 1. The van der Waals surface area contributed by atoms with Gasteiger partial charge in [0.25, 0.3) is 0 Å². The lowest BCUT2D eigenvalue weighted by Crippen LogP contribution is -2.45. The molecule has 0 bridgehead atoms. The molecule has 0 radical (unpaired) electrons. The van der Waals surface area contributed by atoms with Crippen molar-refractivity contribution in [2.45, 2.75) is 38.9 Å². The number of hydrogen-bond acceptors (Lipinski definition) is 5. The van der Waals surface area contributed by atoms with E-state index in [0.29, 0.717) is 38.3 Å². The van der Waals surface area contributed by atoms with Gasteiger partial charge in [-0.2, -0.15) is 0 Å². The Kier molecular flexibility index (Phi) is 7.99. The highest BCUT2D eigenvalue weighted by atomic mass is 19.1. The van der Waals surface area contributed by atoms with E-state index in [9.17, 15) is 14.0 Å². The summed E-state index contributed by atoms with van der Waals surface area (Å²) in [5.41, 5.74) is 0.697. The third kappa shape index (κ3) is 6.48. The molecule has 2 atom stereocenters. The molecule has 1 heterocycles. The zero-order chi connectivity index (χ0) is 19.8. The second-order valence-corrected chi connectivity index (χ2v) is 6.74. The van der Waals surface area contributed by atoms with Gasteiger partial charge >= 0.3 is 11.8 Å². The second-order valence-electron chi connectivity index (χ2n) is 6.74. The molecule has 8 heteroatoms. The monoisotopic (exact) mass is 381 g/mol. The Bertz CT molecular complexity index is 646. The summed E-state index contributed by atoms with van der Waals surface area (Å²) in [6, 6.07) is 4.43. The first-order valence-corrected chi connectivity index (χ1v) is 9.18. The number of amides is 2. The SMILES string of the molecule is COCCCCNC(=O)C(=O)Nc1ccc(N2CC(C)OC(C)C2)c(F)c1. The number of anilines is 2. The van der Waals surface area contributed by atoms with Crippen molar-refractivity contribution >= 4 is 23.2 Å². The maximum Gasteiger partial charge on any atom is 0.313 e. The first-order chi connectivity index (χ1) is 12.9. The highest BCUT2D eigenvalue weighted by Crippen LogP contribution is 2.26. The van der Waals surface area contributed by atoms with Crippen molar-refractivity contribution < 1.29 is 23.5 Å². The van der Waals surface area contributed by atoms with Crippen molar-refractivity contribution in [3.63, 3.8) is 0 Å². The topological polar surface area (TPSA) is 79.9 Å². The normalized spacial score (nSPS) is 19.6. The lowest BCUT2D eigenvalue weighted by Gasteiger charge is -2.37. The number of hydrogen-bond donors (Lipinski definition) is 2. The van der Waals surface area contributed by atoms with Gasteiger partial charge in [0.2, 0.25) is 0 Å². The summed E-state index contributed by atoms with van der Waals surface area (Å²) in [7, 11) is 1.61. The Labute approximate surface area is 159 Å². The molecule has 0 saturated carbocycles. The van der Waals surface area contributed by atoms with Crippen LogP contribution in [0.15, 0.2) is 18.2 Å². The molecule has 0 aromatic heterocycles. The number of nitrogens with zero attached hydrogens (tertiary/aromatic N) is 1. The molecule has 2 unspecified atom stereocenters. The lowest BCUT2D eigenvalue weighted by atomic mass is 10.2. The maximum absolute atomic E-state index is 14.5. The highest BCUT2D eigenvalue weighted by Gasteiger charge is 2.24. The van der Waals surface area contributed by atoms with E-state index in [0.717, 1.165) is 6.42 Å². The van der Waals surface area contributed by atoms with Gasteiger partial charge in [-0.15, -0.1) is 0 Å².